The summed E-state index contributed by atoms with van der Waals surface area (Å²) >= 11 is 0. The van der Waals surface area contributed by atoms with Crippen LogP contribution < -0.4 is 10.2 Å². The number of nitro benzene ring substituents is 1. The number of carbonyl (C=O) groups excluding carboxylic acids is 1. The van der Waals surface area contributed by atoms with Crippen molar-refractivity contribution in [3.8, 4) is 5.75 Å². The number of hydrogen-bond donors (Lipinski definition) is 2. The molecule has 2 rings (SSSR count). The fraction of sp³-hybridized carbons (Fsp3) is 0.0625. The number of benzene rings is 2. The molecule has 0 aliphatic carbocycles. The first-order valence-electron chi connectivity index (χ1n) is 6.99. The van der Waals surface area contributed by atoms with E-state index in [4.69, 9.17) is 9.84 Å². The Morgan fingerprint density at radius 1 is 1.24 bits per heavy atom. The van der Waals surface area contributed by atoms with Crippen LogP contribution in [0.4, 0.5) is 5.69 Å². The molecule has 0 atom stereocenters. The van der Waals surface area contributed by atoms with Gasteiger partial charge in [-0.2, -0.15) is 5.10 Å². The number of ether oxygens (including phenoxy) is 1. The summed E-state index contributed by atoms with van der Waals surface area (Å²) < 4.78 is 5.10. The van der Waals surface area contributed by atoms with Gasteiger partial charge in [0.1, 0.15) is 5.75 Å². The van der Waals surface area contributed by atoms with Gasteiger partial charge in [-0.15, -0.1) is 0 Å². The van der Waals surface area contributed by atoms with Crippen molar-refractivity contribution in [2.75, 3.05) is 6.61 Å². The molecule has 2 aromatic rings. The molecule has 0 aliphatic rings. The van der Waals surface area contributed by atoms with Crippen molar-refractivity contribution in [3.63, 3.8) is 0 Å². The number of carboxylic acid groups (broad SMARTS) is 1. The molecule has 25 heavy (non-hydrogen) atoms. The van der Waals surface area contributed by atoms with Gasteiger partial charge in [-0.3, -0.25) is 14.9 Å². The van der Waals surface area contributed by atoms with E-state index in [1.54, 1.807) is 24.3 Å². The molecule has 128 valence electrons. The number of para-hydroxylation sites is 1. The maximum atomic E-state index is 12.0. The Balaban J connectivity index is 2.06. The maximum absolute atomic E-state index is 12.0. The van der Waals surface area contributed by atoms with Gasteiger partial charge in [-0.05, 0) is 18.2 Å². The molecule has 9 heteroatoms. The Bertz CT molecular complexity index is 834. The number of carboxylic acids is 1. The van der Waals surface area contributed by atoms with Gasteiger partial charge < -0.3 is 9.84 Å². The van der Waals surface area contributed by atoms with Gasteiger partial charge >= 0.3 is 5.97 Å². The van der Waals surface area contributed by atoms with Crippen LogP contribution in [0.5, 0.6) is 5.75 Å². The maximum Gasteiger partial charge on any atom is 0.341 e. The van der Waals surface area contributed by atoms with Crippen molar-refractivity contribution >= 4 is 23.8 Å². The second-order valence-corrected chi connectivity index (χ2v) is 4.73. The Hall–Kier alpha value is -3.75. The standard InChI is InChI=1S/C16H13N3O6/c20-15(21)10-25-14-7-2-1-4-12(14)9-17-18-16(22)11-5-3-6-13(8-11)19(23)24/h1-9H,10H2,(H,18,22)(H,20,21)/b17-9-. The Morgan fingerprint density at radius 3 is 2.72 bits per heavy atom. The number of rotatable bonds is 7. The highest BCUT2D eigenvalue weighted by Gasteiger charge is 2.10. The van der Waals surface area contributed by atoms with E-state index in [2.05, 4.69) is 10.5 Å². The molecule has 0 aliphatic heterocycles. The van der Waals surface area contributed by atoms with Gasteiger partial charge in [0.15, 0.2) is 6.61 Å². The molecule has 1 amide bonds. The number of amides is 1. The lowest BCUT2D eigenvalue weighted by Crippen LogP contribution is -2.17. The minimum atomic E-state index is -1.12. The van der Waals surface area contributed by atoms with Crippen LogP contribution in [0.2, 0.25) is 0 Å². The van der Waals surface area contributed by atoms with E-state index < -0.39 is 23.4 Å². The van der Waals surface area contributed by atoms with Gasteiger partial charge in [-0.1, -0.05) is 18.2 Å². The van der Waals surface area contributed by atoms with Gasteiger partial charge in [-0.25, -0.2) is 10.2 Å². The van der Waals surface area contributed by atoms with E-state index in [0.717, 1.165) is 6.07 Å². The van der Waals surface area contributed by atoms with Crippen molar-refractivity contribution in [2.24, 2.45) is 5.10 Å². The van der Waals surface area contributed by atoms with E-state index in [9.17, 15) is 19.7 Å². The Labute approximate surface area is 141 Å². The number of carbonyl (C=O) groups is 2. The fourth-order valence-electron chi connectivity index (χ4n) is 1.84. The molecular weight excluding hydrogens is 330 g/mol. The summed E-state index contributed by atoms with van der Waals surface area (Å²) in [5.41, 5.74) is 2.58. The van der Waals surface area contributed by atoms with Crippen LogP contribution in [0.1, 0.15) is 15.9 Å². The zero-order valence-corrected chi connectivity index (χ0v) is 12.8. The Kier molecular flexibility index (Phi) is 5.77. The summed E-state index contributed by atoms with van der Waals surface area (Å²) in [6.07, 6.45) is 1.28. The molecule has 2 aromatic carbocycles. The van der Waals surface area contributed by atoms with Gasteiger partial charge in [0.05, 0.1) is 11.1 Å². The minimum Gasteiger partial charge on any atom is -0.481 e. The molecule has 2 N–H and O–H groups in total. The lowest BCUT2D eigenvalue weighted by molar-refractivity contribution is -0.384. The highest BCUT2D eigenvalue weighted by atomic mass is 16.6. The van der Waals surface area contributed by atoms with Crippen LogP contribution >= 0.6 is 0 Å². The normalized spacial score (nSPS) is 10.4. The third-order valence-corrected chi connectivity index (χ3v) is 2.96. The number of non-ortho nitro benzene ring substituents is 1. The number of nitro groups is 1. The van der Waals surface area contributed by atoms with Crippen molar-refractivity contribution in [1.82, 2.24) is 5.43 Å². The molecule has 0 unspecified atom stereocenters. The predicted molar refractivity (Wildman–Crippen MR) is 87.7 cm³/mol. The van der Waals surface area contributed by atoms with E-state index >= 15 is 0 Å². The highest BCUT2D eigenvalue weighted by molar-refractivity contribution is 5.95. The summed E-state index contributed by atoms with van der Waals surface area (Å²) in [7, 11) is 0. The van der Waals surface area contributed by atoms with Crippen molar-refractivity contribution in [1.29, 1.82) is 0 Å². The molecule has 0 spiro atoms. The zero-order chi connectivity index (χ0) is 18.2. The summed E-state index contributed by atoms with van der Waals surface area (Å²) in [4.78, 5) is 32.6. The number of nitrogens with one attached hydrogen (secondary N) is 1. The van der Waals surface area contributed by atoms with Crippen LogP contribution in [-0.4, -0.2) is 34.7 Å². The van der Waals surface area contributed by atoms with Crippen molar-refractivity contribution in [2.45, 2.75) is 0 Å². The van der Waals surface area contributed by atoms with Crippen LogP contribution in [0.15, 0.2) is 53.6 Å². The van der Waals surface area contributed by atoms with Crippen molar-refractivity contribution in [3.05, 3.63) is 69.8 Å². The minimum absolute atomic E-state index is 0.0850. The summed E-state index contributed by atoms with van der Waals surface area (Å²) in [5, 5.41) is 23.1. The molecular formula is C16H13N3O6. The Morgan fingerprint density at radius 2 is 2.00 bits per heavy atom. The van der Waals surface area contributed by atoms with Crippen LogP contribution in [0.3, 0.4) is 0 Å². The second kappa shape index (κ2) is 8.20. The molecule has 0 bridgehead atoms. The summed E-state index contributed by atoms with van der Waals surface area (Å²) in [5.74, 6) is -1.45. The number of aliphatic carboxylic acids is 1. The number of hydrogen-bond acceptors (Lipinski definition) is 6. The number of hydrazone groups is 1. The quantitative estimate of drug-likeness (QED) is 0.448. The summed E-state index contributed by atoms with van der Waals surface area (Å²) in [6, 6.07) is 11.8. The second-order valence-electron chi connectivity index (χ2n) is 4.73. The monoisotopic (exact) mass is 343 g/mol. The van der Waals surface area contributed by atoms with Crippen LogP contribution in [-0.2, 0) is 4.79 Å². The zero-order valence-electron chi connectivity index (χ0n) is 12.8. The average Bonchev–Trinajstić information content (AvgIpc) is 2.60. The SMILES string of the molecule is O=C(O)COc1ccccc1/C=N\NC(=O)c1cccc([N+](=O)[O-])c1. The first kappa shape index (κ1) is 17.6. The third-order valence-electron chi connectivity index (χ3n) is 2.96. The van der Waals surface area contributed by atoms with E-state index in [1.165, 1.54) is 24.4 Å². The highest BCUT2D eigenvalue weighted by Crippen LogP contribution is 2.16. The van der Waals surface area contributed by atoms with Crippen LogP contribution in [0, 0.1) is 10.1 Å². The first-order chi connectivity index (χ1) is 12.0. The van der Waals surface area contributed by atoms with Gasteiger partial charge in [0, 0.05) is 23.3 Å². The molecule has 9 nitrogen and oxygen atoms in total. The van der Waals surface area contributed by atoms with Gasteiger partial charge in [0.2, 0.25) is 0 Å². The lowest BCUT2D eigenvalue weighted by Gasteiger charge is -2.06. The van der Waals surface area contributed by atoms with E-state index in [0.29, 0.717) is 11.3 Å². The lowest BCUT2D eigenvalue weighted by atomic mass is 10.2. The third kappa shape index (κ3) is 5.13. The first-order valence-corrected chi connectivity index (χ1v) is 6.99. The molecule has 0 fully saturated rings. The molecule has 0 radical (unpaired) electrons. The van der Waals surface area contributed by atoms with E-state index in [1.807, 2.05) is 0 Å². The van der Waals surface area contributed by atoms with Gasteiger partial charge in [0.25, 0.3) is 11.6 Å². The molecule has 0 saturated heterocycles. The average molecular weight is 343 g/mol. The van der Waals surface area contributed by atoms with Crippen molar-refractivity contribution < 1.29 is 24.4 Å². The summed E-state index contributed by atoms with van der Waals surface area (Å²) in [6.45, 7) is -0.509. The van der Waals surface area contributed by atoms with Crippen LogP contribution in [0.25, 0.3) is 0 Å². The van der Waals surface area contributed by atoms with E-state index in [-0.39, 0.29) is 11.3 Å². The largest absolute Gasteiger partial charge is 0.481 e. The molecule has 0 aromatic heterocycles. The molecule has 0 heterocycles. The fourth-order valence-corrected chi connectivity index (χ4v) is 1.84. The smallest absolute Gasteiger partial charge is 0.341 e. The molecule has 0 saturated carbocycles. The predicted octanol–water partition coefficient (Wildman–Crippen LogP) is 1.82. The number of nitrogens with zero attached hydrogens (tertiary/aromatic N) is 2. The topological polar surface area (TPSA) is 131 Å².